The van der Waals surface area contributed by atoms with Gasteiger partial charge in [-0.15, -0.1) is 0 Å². The second-order valence-electron chi connectivity index (χ2n) is 9.97. The van der Waals surface area contributed by atoms with Gasteiger partial charge >= 0.3 is 18.4 Å². The van der Waals surface area contributed by atoms with Crippen molar-refractivity contribution in [2.45, 2.75) is 49.1 Å². The number of imidazole rings is 1. The van der Waals surface area contributed by atoms with Crippen molar-refractivity contribution in [1.29, 1.82) is 0 Å². The molecule has 242 valence electrons. The highest BCUT2D eigenvalue weighted by atomic mass is 32.7. The van der Waals surface area contributed by atoms with E-state index >= 15 is 4.39 Å². The van der Waals surface area contributed by atoms with E-state index in [1.165, 1.54) is 10.9 Å². The third-order valence-electron chi connectivity index (χ3n) is 7.24. The maximum atomic E-state index is 16.0. The predicted octanol–water partition coefficient (Wildman–Crippen LogP) is 0.423. The highest BCUT2D eigenvalue weighted by molar-refractivity contribution is 8.44. The Labute approximate surface area is 264 Å². The molecule has 3 fully saturated rings. The summed E-state index contributed by atoms with van der Waals surface area (Å²) in [4.78, 5) is 43.5. The zero-order chi connectivity index (χ0) is 31.8. The molecule has 3 aliphatic rings. The molecule has 3 saturated heterocycles. The number of hydrogen-bond acceptors (Lipinski definition) is 18. The molecule has 0 aliphatic carbocycles. The van der Waals surface area contributed by atoms with E-state index in [0.717, 1.165) is 17.2 Å². The number of nitrogens with zero attached hydrogens (tertiary/aromatic N) is 7. The molecule has 7 heterocycles. The molecule has 0 amide bonds. The topological polar surface area (TPSA) is 256 Å². The van der Waals surface area contributed by atoms with Crippen molar-refractivity contribution >= 4 is 82.1 Å². The molecule has 19 nitrogen and oxygen atoms in total. The minimum Gasteiger partial charge on any atom is -0.387 e. The van der Waals surface area contributed by atoms with Gasteiger partial charge in [-0.25, -0.2) is 33.9 Å². The molecule has 2 bridgehead atoms. The summed E-state index contributed by atoms with van der Waals surface area (Å²) in [6, 6.07) is 0. The van der Waals surface area contributed by atoms with Gasteiger partial charge in [0.15, 0.2) is 35.7 Å². The number of anilines is 2. The van der Waals surface area contributed by atoms with Crippen LogP contribution in [0.2, 0.25) is 0 Å². The molecule has 3 aliphatic heterocycles. The molecule has 0 saturated carbocycles. The van der Waals surface area contributed by atoms with Crippen LogP contribution >= 0.6 is 37.1 Å². The number of nitrogen functional groups attached to an aromatic ring is 2. The zero-order valence-electron chi connectivity index (χ0n) is 22.2. The number of aliphatic hydroxyl groups is 1. The molecule has 6 N–H and O–H groups in total. The van der Waals surface area contributed by atoms with Gasteiger partial charge in [-0.1, -0.05) is 23.6 Å². The summed E-state index contributed by atoms with van der Waals surface area (Å²) < 4.78 is 65.8. The summed E-state index contributed by atoms with van der Waals surface area (Å²) in [6.07, 6.45) is -8.90. The Morgan fingerprint density at radius 3 is 2.47 bits per heavy atom. The van der Waals surface area contributed by atoms with Crippen LogP contribution in [0.4, 0.5) is 16.0 Å². The number of hydrogen-bond donors (Lipinski definition) is 5. The first-order valence-electron chi connectivity index (χ1n) is 12.8. The number of aliphatic hydroxyl groups excluding tert-OH is 1. The van der Waals surface area contributed by atoms with Gasteiger partial charge in [-0.3, -0.25) is 27.5 Å². The fourth-order valence-electron chi connectivity index (χ4n) is 5.21. The zero-order valence-corrected chi connectivity index (χ0v) is 26.6. The quantitative estimate of drug-likeness (QED) is 0.139. The van der Waals surface area contributed by atoms with Gasteiger partial charge in [0, 0.05) is 0 Å². The Kier molecular flexibility index (Phi) is 8.00. The predicted molar refractivity (Wildman–Crippen MR) is 159 cm³/mol. The molecule has 45 heavy (non-hydrogen) atoms. The summed E-state index contributed by atoms with van der Waals surface area (Å²) in [5.74, 6) is 0.0736. The van der Waals surface area contributed by atoms with Gasteiger partial charge in [0.2, 0.25) is 0 Å². The summed E-state index contributed by atoms with van der Waals surface area (Å²) in [7, 11) is 0. The monoisotopic (exact) mass is 725 g/mol. The number of fused-ring (bicyclic) bond motifs is 5. The molecular formula is C20H22FN9O10P2S3. The molecular weight excluding hydrogens is 703 g/mol. The average molecular weight is 726 g/mol. The van der Waals surface area contributed by atoms with Crippen molar-refractivity contribution in [1.82, 2.24) is 34.1 Å². The van der Waals surface area contributed by atoms with Crippen LogP contribution in [0.5, 0.6) is 0 Å². The standard InChI is InChI=1S/C20H22FN9O10P2S3/c21-8-11-7(38-18(8)29-5-28-9-14(22)24-3-26-16(9)29)2-36-42(34,44)40-12-10(31)6(1-35-41(33,43)39-11)37-19(12)30-17-13(45-20(30)32)15(23)25-4-27-17/h3-8,10-12,18-19,31H,1-2H2,(H,33,43)(H,34,44)(H2,22,24,26)(H2,23,25,27)/t6-,7-,8-,10-,11?,12?,18-,19-,41?,42?/m1/s1. The molecule has 0 spiro atoms. The van der Waals surface area contributed by atoms with Crippen LogP contribution in [0.15, 0.2) is 23.8 Å². The minimum absolute atomic E-state index is 0.0258. The van der Waals surface area contributed by atoms with Crippen molar-refractivity contribution in [2.24, 2.45) is 0 Å². The average Bonchev–Trinajstić information content (AvgIpc) is 3.71. The Balaban J connectivity index is 1.22. The van der Waals surface area contributed by atoms with Gasteiger partial charge in [-0.2, -0.15) is 0 Å². The second-order valence-corrected chi connectivity index (χ2v) is 16.6. The molecule has 25 heteroatoms. The number of ether oxygens (including phenoxy) is 2. The lowest BCUT2D eigenvalue weighted by Crippen LogP contribution is -2.36. The first-order chi connectivity index (χ1) is 21.3. The third kappa shape index (κ3) is 5.58. The molecule has 4 aromatic heterocycles. The Bertz CT molecular complexity index is 1950. The second kappa shape index (κ2) is 11.5. The van der Waals surface area contributed by atoms with E-state index < -0.39 is 80.8 Å². The Morgan fingerprint density at radius 1 is 1.00 bits per heavy atom. The van der Waals surface area contributed by atoms with Crippen molar-refractivity contribution in [3.8, 4) is 0 Å². The van der Waals surface area contributed by atoms with Crippen LogP contribution in [-0.4, -0.2) is 94.0 Å². The van der Waals surface area contributed by atoms with E-state index in [1.807, 2.05) is 0 Å². The molecule has 0 aromatic carbocycles. The van der Waals surface area contributed by atoms with Crippen LogP contribution in [0.25, 0.3) is 21.5 Å². The maximum absolute atomic E-state index is 16.0. The van der Waals surface area contributed by atoms with Crippen LogP contribution in [0.3, 0.4) is 0 Å². The Morgan fingerprint density at radius 2 is 1.69 bits per heavy atom. The van der Waals surface area contributed by atoms with Crippen LogP contribution in [-0.2, 0) is 43.9 Å². The van der Waals surface area contributed by atoms with E-state index in [0.29, 0.717) is 11.3 Å². The van der Waals surface area contributed by atoms with Crippen molar-refractivity contribution in [2.75, 3.05) is 24.7 Å². The lowest BCUT2D eigenvalue weighted by molar-refractivity contribution is -0.0591. The largest absolute Gasteiger partial charge is 0.387 e. The first-order valence-corrected chi connectivity index (χ1v) is 18.9. The molecule has 10 atom stereocenters. The molecule has 0 radical (unpaired) electrons. The fraction of sp³-hybridized carbons (Fsp3) is 0.500. The summed E-state index contributed by atoms with van der Waals surface area (Å²) in [6.45, 7) is -10.00. The van der Waals surface area contributed by atoms with E-state index in [1.54, 1.807) is 0 Å². The van der Waals surface area contributed by atoms with Gasteiger partial charge < -0.3 is 35.5 Å². The normalized spacial score (nSPS) is 37.7. The van der Waals surface area contributed by atoms with Gasteiger partial charge in [0.05, 0.1) is 19.5 Å². The number of rotatable bonds is 2. The lowest BCUT2D eigenvalue weighted by atomic mass is 10.1. The smallest absolute Gasteiger partial charge is 0.386 e. The first kappa shape index (κ1) is 31.4. The van der Waals surface area contributed by atoms with E-state index in [2.05, 4.69) is 37.2 Å². The maximum Gasteiger partial charge on any atom is 0.386 e. The van der Waals surface area contributed by atoms with E-state index in [4.69, 9.17) is 50.8 Å². The number of nitrogens with two attached hydrogens (primary N) is 2. The number of thiol groups is 1. The molecule has 7 rings (SSSR count). The van der Waals surface area contributed by atoms with Crippen molar-refractivity contribution in [3.05, 3.63) is 28.6 Å². The third-order valence-corrected chi connectivity index (χ3v) is 11.4. The van der Waals surface area contributed by atoms with Gasteiger partial charge in [-0.05, 0) is 11.8 Å². The SMILES string of the molecule is Nc1ncnc2c1ncn2[C@@H]1O[C@@H]2COP(O)(=S)OC3[C@H](n4c(=O)sc5c(N)ncnc54)O[C@H](COP(=O)(S)OC2[C@H]1F)[C@H]3O. The van der Waals surface area contributed by atoms with Crippen LogP contribution < -0.4 is 16.3 Å². The summed E-state index contributed by atoms with van der Waals surface area (Å²) in [5.41, 5.74) is 12.1. The summed E-state index contributed by atoms with van der Waals surface area (Å²) >= 11 is 9.93. The van der Waals surface area contributed by atoms with Crippen LogP contribution in [0, 0.1) is 0 Å². The molecule has 4 aromatic rings. The number of aromatic nitrogens is 7. The van der Waals surface area contributed by atoms with Crippen LogP contribution in [0.1, 0.15) is 12.5 Å². The van der Waals surface area contributed by atoms with Gasteiger partial charge in [0.25, 0.3) is 0 Å². The van der Waals surface area contributed by atoms with Crippen molar-refractivity contribution < 1.29 is 46.5 Å². The minimum atomic E-state index is -4.41. The highest BCUT2D eigenvalue weighted by Gasteiger charge is 2.53. The fourth-order valence-corrected chi connectivity index (χ4v) is 8.97. The van der Waals surface area contributed by atoms with E-state index in [-0.39, 0.29) is 33.1 Å². The highest BCUT2D eigenvalue weighted by Crippen LogP contribution is 2.58. The Hall–Kier alpha value is -2.24. The number of halogens is 1. The number of thiazole rings is 1. The molecule has 4 unspecified atom stereocenters. The lowest BCUT2D eigenvalue weighted by Gasteiger charge is -2.27. The summed E-state index contributed by atoms with van der Waals surface area (Å²) in [5, 5.41) is 11.1. The van der Waals surface area contributed by atoms with E-state index in [9.17, 15) is 19.4 Å². The van der Waals surface area contributed by atoms with Crippen molar-refractivity contribution in [3.63, 3.8) is 0 Å². The number of alkyl halides is 1. The van der Waals surface area contributed by atoms with Gasteiger partial charge in [0.1, 0.15) is 59.2 Å².